The van der Waals surface area contributed by atoms with Crippen LogP contribution in [-0.4, -0.2) is 25.5 Å². The summed E-state index contributed by atoms with van der Waals surface area (Å²) in [6.07, 6.45) is 3.92. The van der Waals surface area contributed by atoms with Crippen molar-refractivity contribution in [3.05, 3.63) is 94.3 Å². The number of amides is 1. The van der Waals surface area contributed by atoms with E-state index in [9.17, 15) is 26.7 Å². The summed E-state index contributed by atoms with van der Waals surface area (Å²) in [6.45, 7) is -0.622. The number of anilines is 1. The molecule has 0 aliphatic carbocycles. The van der Waals surface area contributed by atoms with Gasteiger partial charge in [-0.15, -0.1) is 0 Å². The molecule has 1 amide bonds. The molecule has 4 rings (SSSR count). The maximum atomic E-state index is 13.8. The van der Waals surface area contributed by atoms with Crippen molar-refractivity contribution in [1.82, 2.24) is 19.6 Å². The standard InChI is InChI=1S/C21H13ClF5N5O2/c22-14-5-12(1-2-15(14)23)34-10-31-4-3-18(30-31)21(33)29-11-7-28-32(8-11)9-13-16(24)6-17(25)20(27)19(13)26/h1-8H,9-10H2,(H,29,33). The Morgan fingerprint density at radius 2 is 1.79 bits per heavy atom. The zero-order valence-corrected chi connectivity index (χ0v) is 17.7. The highest BCUT2D eigenvalue weighted by Crippen LogP contribution is 2.22. The first-order chi connectivity index (χ1) is 16.2. The molecule has 2 aromatic heterocycles. The normalized spacial score (nSPS) is 11.0. The summed E-state index contributed by atoms with van der Waals surface area (Å²) in [6, 6.07) is 5.48. The van der Waals surface area contributed by atoms with Crippen LogP contribution in [0.4, 0.5) is 27.6 Å². The Morgan fingerprint density at radius 3 is 2.56 bits per heavy atom. The van der Waals surface area contributed by atoms with Crippen LogP contribution in [0.15, 0.2) is 48.9 Å². The van der Waals surface area contributed by atoms with Gasteiger partial charge in [0.15, 0.2) is 29.9 Å². The maximum Gasteiger partial charge on any atom is 0.276 e. The van der Waals surface area contributed by atoms with Crippen molar-refractivity contribution in [2.24, 2.45) is 0 Å². The molecule has 13 heteroatoms. The topological polar surface area (TPSA) is 74.0 Å². The van der Waals surface area contributed by atoms with Crippen molar-refractivity contribution >= 4 is 23.2 Å². The molecule has 0 aliphatic heterocycles. The van der Waals surface area contributed by atoms with Gasteiger partial charge < -0.3 is 10.1 Å². The summed E-state index contributed by atoms with van der Waals surface area (Å²) in [5.41, 5.74) is -0.535. The first-order valence-electron chi connectivity index (χ1n) is 9.48. The minimum absolute atomic E-state index is 0.0196. The number of carbonyl (C=O) groups excluding carboxylic acids is 1. The average Bonchev–Trinajstić information content (AvgIpc) is 3.45. The molecule has 0 radical (unpaired) electrons. The van der Waals surface area contributed by atoms with Crippen LogP contribution in [0.25, 0.3) is 0 Å². The smallest absolute Gasteiger partial charge is 0.276 e. The van der Waals surface area contributed by atoms with Crippen LogP contribution in [0.1, 0.15) is 16.1 Å². The molecule has 0 aliphatic rings. The summed E-state index contributed by atoms with van der Waals surface area (Å²) in [4.78, 5) is 12.4. The third-order valence-electron chi connectivity index (χ3n) is 4.55. The van der Waals surface area contributed by atoms with E-state index >= 15 is 0 Å². The van der Waals surface area contributed by atoms with Crippen LogP contribution in [-0.2, 0) is 13.3 Å². The first kappa shape index (κ1) is 23.2. The number of aromatic nitrogens is 4. The molecule has 0 bridgehead atoms. The molecule has 2 heterocycles. The largest absolute Gasteiger partial charge is 0.471 e. The number of benzene rings is 2. The van der Waals surface area contributed by atoms with E-state index in [2.05, 4.69) is 15.5 Å². The molecule has 0 spiro atoms. The lowest BCUT2D eigenvalue weighted by atomic mass is 10.2. The molecule has 0 atom stereocenters. The second-order valence-corrected chi connectivity index (χ2v) is 7.32. The monoisotopic (exact) mass is 497 g/mol. The van der Waals surface area contributed by atoms with Gasteiger partial charge in [0, 0.05) is 30.1 Å². The van der Waals surface area contributed by atoms with E-state index in [0.717, 1.165) is 10.7 Å². The Hall–Kier alpha value is -3.93. The van der Waals surface area contributed by atoms with Crippen LogP contribution in [0.5, 0.6) is 5.75 Å². The van der Waals surface area contributed by atoms with Crippen molar-refractivity contribution in [1.29, 1.82) is 0 Å². The molecule has 2 aromatic carbocycles. The Morgan fingerprint density at radius 1 is 1.00 bits per heavy atom. The summed E-state index contributed by atoms with van der Waals surface area (Å²) < 4.78 is 75.1. The van der Waals surface area contributed by atoms with Crippen molar-refractivity contribution in [2.45, 2.75) is 13.3 Å². The summed E-state index contributed by atoms with van der Waals surface area (Å²) >= 11 is 5.69. The quantitative estimate of drug-likeness (QED) is 0.227. The van der Waals surface area contributed by atoms with Crippen LogP contribution in [0.3, 0.4) is 0 Å². The van der Waals surface area contributed by atoms with Gasteiger partial charge in [-0.25, -0.2) is 26.6 Å². The number of nitrogens with one attached hydrogen (secondary N) is 1. The van der Waals surface area contributed by atoms with Gasteiger partial charge in [0.1, 0.15) is 17.4 Å². The third kappa shape index (κ3) is 5.01. The molecule has 176 valence electrons. The Kier molecular flexibility index (Phi) is 6.50. The fraction of sp³-hybridized carbons (Fsp3) is 0.0952. The van der Waals surface area contributed by atoms with Crippen LogP contribution in [0, 0.1) is 29.1 Å². The number of halogens is 6. The maximum absolute atomic E-state index is 13.8. The van der Waals surface area contributed by atoms with Gasteiger partial charge in [-0.3, -0.25) is 9.48 Å². The molecule has 7 nitrogen and oxygen atoms in total. The van der Waals surface area contributed by atoms with E-state index in [4.69, 9.17) is 16.3 Å². The summed E-state index contributed by atoms with van der Waals surface area (Å²) in [7, 11) is 0. The second kappa shape index (κ2) is 9.51. The molecule has 4 aromatic rings. The van der Waals surface area contributed by atoms with Gasteiger partial charge in [0.05, 0.1) is 23.5 Å². The fourth-order valence-electron chi connectivity index (χ4n) is 2.88. The molecule has 0 fully saturated rings. The van der Waals surface area contributed by atoms with Crippen LogP contribution >= 0.6 is 11.6 Å². The minimum Gasteiger partial charge on any atom is -0.471 e. The Bertz CT molecular complexity index is 1370. The van der Waals surface area contributed by atoms with Crippen molar-refractivity contribution in [3.63, 3.8) is 0 Å². The lowest BCUT2D eigenvalue weighted by Crippen LogP contribution is -2.14. The van der Waals surface area contributed by atoms with Gasteiger partial charge in [-0.05, 0) is 18.2 Å². The summed E-state index contributed by atoms with van der Waals surface area (Å²) in [5, 5.41) is 10.3. The molecular formula is C21H13ClF5N5O2. The summed E-state index contributed by atoms with van der Waals surface area (Å²) in [5.74, 6) is -7.27. The van der Waals surface area contributed by atoms with Crippen molar-refractivity contribution < 1.29 is 31.5 Å². The van der Waals surface area contributed by atoms with E-state index in [-0.39, 0.29) is 29.2 Å². The minimum atomic E-state index is -1.79. The number of nitrogens with zero attached hydrogens (tertiary/aromatic N) is 4. The van der Waals surface area contributed by atoms with Crippen molar-refractivity contribution in [3.8, 4) is 5.75 Å². The number of rotatable bonds is 7. The zero-order chi connectivity index (χ0) is 24.4. The molecule has 34 heavy (non-hydrogen) atoms. The predicted octanol–water partition coefficient (Wildman–Crippen LogP) is 4.77. The molecule has 0 saturated carbocycles. The van der Waals surface area contributed by atoms with Gasteiger partial charge in [-0.1, -0.05) is 11.6 Å². The number of carbonyl (C=O) groups is 1. The van der Waals surface area contributed by atoms with E-state index < -0.39 is 47.1 Å². The van der Waals surface area contributed by atoms with E-state index in [0.29, 0.717) is 5.75 Å². The van der Waals surface area contributed by atoms with Gasteiger partial charge in [-0.2, -0.15) is 10.2 Å². The second-order valence-electron chi connectivity index (χ2n) is 6.92. The molecular weight excluding hydrogens is 485 g/mol. The lowest BCUT2D eigenvalue weighted by Gasteiger charge is -2.07. The predicted molar refractivity (Wildman–Crippen MR) is 110 cm³/mol. The number of hydrogen-bond donors (Lipinski definition) is 1. The Balaban J connectivity index is 1.37. The molecule has 0 unspecified atom stereocenters. The average molecular weight is 498 g/mol. The number of ether oxygens (including phenoxy) is 1. The van der Waals surface area contributed by atoms with E-state index in [1.807, 2.05) is 0 Å². The fourth-order valence-corrected chi connectivity index (χ4v) is 3.05. The first-order valence-corrected chi connectivity index (χ1v) is 9.86. The van der Waals surface area contributed by atoms with Crippen LogP contribution in [0.2, 0.25) is 5.02 Å². The van der Waals surface area contributed by atoms with Gasteiger partial charge >= 0.3 is 0 Å². The van der Waals surface area contributed by atoms with Crippen LogP contribution < -0.4 is 10.1 Å². The van der Waals surface area contributed by atoms with Crippen molar-refractivity contribution in [2.75, 3.05) is 5.32 Å². The van der Waals surface area contributed by atoms with E-state index in [1.165, 1.54) is 41.5 Å². The third-order valence-corrected chi connectivity index (χ3v) is 4.84. The highest BCUT2D eigenvalue weighted by molar-refractivity contribution is 6.30. The Labute approximate surface area is 193 Å². The lowest BCUT2D eigenvalue weighted by molar-refractivity contribution is 0.102. The van der Waals surface area contributed by atoms with Gasteiger partial charge in [0.2, 0.25) is 0 Å². The van der Waals surface area contributed by atoms with E-state index in [1.54, 1.807) is 0 Å². The zero-order valence-electron chi connectivity index (χ0n) is 16.9. The number of hydrogen-bond acceptors (Lipinski definition) is 4. The highest BCUT2D eigenvalue weighted by Gasteiger charge is 2.20. The highest BCUT2D eigenvalue weighted by atomic mass is 35.5. The molecule has 1 N–H and O–H groups in total. The SMILES string of the molecule is O=C(Nc1cnn(Cc2c(F)cc(F)c(F)c2F)c1)c1ccn(COc2ccc(F)c(Cl)c2)n1. The van der Waals surface area contributed by atoms with Gasteiger partial charge in [0.25, 0.3) is 5.91 Å². The molecule has 0 saturated heterocycles.